The maximum Gasteiger partial charge on any atom is 0.0635 e. The molecule has 0 radical (unpaired) electrons. The standard InChI is InChI=1S/C11H22N2O2/c1-11(5-9-14-2)13(7-4-6-12)8-10-15-3/h11H,4-5,7-10H2,1-3H3. The minimum Gasteiger partial charge on any atom is -0.385 e. The lowest BCUT2D eigenvalue weighted by Gasteiger charge is -2.27. The first-order chi connectivity index (χ1) is 7.26. The van der Waals surface area contributed by atoms with Gasteiger partial charge in [-0.2, -0.15) is 5.26 Å². The maximum absolute atomic E-state index is 8.57. The summed E-state index contributed by atoms with van der Waals surface area (Å²) in [4.78, 5) is 2.27. The monoisotopic (exact) mass is 214 g/mol. The van der Waals surface area contributed by atoms with Crippen LogP contribution >= 0.6 is 0 Å². The van der Waals surface area contributed by atoms with E-state index in [0.717, 1.165) is 26.1 Å². The van der Waals surface area contributed by atoms with Crippen molar-refractivity contribution in [1.29, 1.82) is 5.26 Å². The van der Waals surface area contributed by atoms with Crippen molar-refractivity contribution < 1.29 is 9.47 Å². The Morgan fingerprint density at radius 2 is 1.87 bits per heavy atom. The highest BCUT2D eigenvalue weighted by atomic mass is 16.5. The summed E-state index contributed by atoms with van der Waals surface area (Å²) in [7, 11) is 3.41. The molecule has 0 aliphatic carbocycles. The van der Waals surface area contributed by atoms with E-state index in [-0.39, 0.29) is 0 Å². The maximum atomic E-state index is 8.57. The molecule has 0 aliphatic heterocycles. The highest BCUT2D eigenvalue weighted by molar-refractivity contribution is 4.75. The van der Waals surface area contributed by atoms with Gasteiger partial charge in [-0.1, -0.05) is 0 Å². The number of hydrogen-bond donors (Lipinski definition) is 0. The Morgan fingerprint density at radius 3 is 2.40 bits per heavy atom. The predicted octanol–water partition coefficient (Wildman–Crippen LogP) is 1.27. The van der Waals surface area contributed by atoms with Crippen molar-refractivity contribution in [2.45, 2.75) is 25.8 Å². The number of ether oxygens (including phenoxy) is 2. The molecule has 15 heavy (non-hydrogen) atoms. The van der Waals surface area contributed by atoms with Crippen molar-refractivity contribution in [1.82, 2.24) is 4.90 Å². The highest BCUT2D eigenvalue weighted by Gasteiger charge is 2.12. The van der Waals surface area contributed by atoms with Gasteiger partial charge in [-0.05, 0) is 13.3 Å². The van der Waals surface area contributed by atoms with E-state index in [9.17, 15) is 0 Å². The van der Waals surface area contributed by atoms with Crippen LogP contribution in [0.25, 0.3) is 0 Å². The molecule has 4 nitrogen and oxygen atoms in total. The van der Waals surface area contributed by atoms with E-state index in [1.165, 1.54) is 0 Å². The first kappa shape index (κ1) is 14.4. The summed E-state index contributed by atoms with van der Waals surface area (Å²) in [5.41, 5.74) is 0. The van der Waals surface area contributed by atoms with E-state index >= 15 is 0 Å². The molecule has 0 N–H and O–H groups in total. The summed E-state index contributed by atoms with van der Waals surface area (Å²) in [5, 5.41) is 8.57. The van der Waals surface area contributed by atoms with E-state index < -0.39 is 0 Å². The van der Waals surface area contributed by atoms with Crippen molar-refractivity contribution in [3.05, 3.63) is 0 Å². The molecule has 0 saturated carbocycles. The van der Waals surface area contributed by atoms with Gasteiger partial charge in [0.15, 0.2) is 0 Å². The lowest BCUT2D eigenvalue weighted by atomic mass is 10.2. The zero-order valence-corrected chi connectivity index (χ0v) is 10.0. The fraction of sp³-hybridized carbons (Fsp3) is 0.909. The van der Waals surface area contributed by atoms with Crippen molar-refractivity contribution in [3.8, 4) is 6.07 Å². The largest absolute Gasteiger partial charge is 0.385 e. The third-order valence-corrected chi connectivity index (χ3v) is 2.46. The highest BCUT2D eigenvalue weighted by Crippen LogP contribution is 2.04. The van der Waals surface area contributed by atoms with Crippen LogP contribution < -0.4 is 0 Å². The van der Waals surface area contributed by atoms with E-state index in [4.69, 9.17) is 14.7 Å². The first-order valence-electron chi connectivity index (χ1n) is 5.35. The molecule has 0 aromatic carbocycles. The van der Waals surface area contributed by atoms with Crippen LogP contribution in [0, 0.1) is 11.3 Å². The van der Waals surface area contributed by atoms with Crippen LogP contribution in [-0.4, -0.2) is 51.5 Å². The van der Waals surface area contributed by atoms with Crippen LogP contribution in [-0.2, 0) is 9.47 Å². The Bertz CT molecular complexity index is 180. The molecule has 0 aromatic heterocycles. The molecule has 1 atom stereocenters. The van der Waals surface area contributed by atoms with Gasteiger partial charge in [-0.3, -0.25) is 4.90 Å². The number of methoxy groups -OCH3 is 2. The van der Waals surface area contributed by atoms with Gasteiger partial charge in [0.1, 0.15) is 0 Å². The van der Waals surface area contributed by atoms with Crippen molar-refractivity contribution in [3.63, 3.8) is 0 Å². The Hall–Kier alpha value is -0.630. The Balaban J connectivity index is 3.90. The first-order valence-corrected chi connectivity index (χ1v) is 5.35. The summed E-state index contributed by atoms with van der Waals surface area (Å²) < 4.78 is 10.1. The van der Waals surface area contributed by atoms with E-state index in [1.54, 1.807) is 14.2 Å². The fourth-order valence-corrected chi connectivity index (χ4v) is 1.43. The summed E-state index contributed by atoms with van der Waals surface area (Å²) >= 11 is 0. The van der Waals surface area contributed by atoms with Gasteiger partial charge in [0, 0.05) is 46.4 Å². The van der Waals surface area contributed by atoms with Gasteiger partial charge >= 0.3 is 0 Å². The zero-order chi connectivity index (χ0) is 11.5. The third kappa shape index (κ3) is 7.32. The summed E-state index contributed by atoms with van der Waals surface area (Å²) in [6.07, 6.45) is 1.56. The Morgan fingerprint density at radius 1 is 1.20 bits per heavy atom. The van der Waals surface area contributed by atoms with Gasteiger partial charge < -0.3 is 9.47 Å². The molecule has 0 spiro atoms. The quantitative estimate of drug-likeness (QED) is 0.580. The molecule has 1 unspecified atom stereocenters. The second-order valence-electron chi connectivity index (χ2n) is 3.57. The smallest absolute Gasteiger partial charge is 0.0635 e. The predicted molar refractivity (Wildman–Crippen MR) is 59.6 cm³/mol. The molecule has 0 aliphatic rings. The second-order valence-corrected chi connectivity index (χ2v) is 3.57. The molecule has 4 heteroatoms. The molecule has 88 valence electrons. The van der Waals surface area contributed by atoms with Crippen LogP contribution in [0.4, 0.5) is 0 Å². The average Bonchev–Trinajstić information content (AvgIpc) is 2.26. The van der Waals surface area contributed by atoms with Gasteiger partial charge in [-0.15, -0.1) is 0 Å². The minimum absolute atomic E-state index is 0.438. The van der Waals surface area contributed by atoms with Crippen LogP contribution in [0.1, 0.15) is 19.8 Å². The molecule has 0 aromatic rings. The van der Waals surface area contributed by atoms with Crippen molar-refractivity contribution in [2.75, 3.05) is 40.5 Å². The van der Waals surface area contributed by atoms with Crippen LogP contribution in [0.15, 0.2) is 0 Å². The average molecular weight is 214 g/mol. The normalized spacial score (nSPS) is 12.7. The summed E-state index contributed by atoms with van der Waals surface area (Å²) in [5.74, 6) is 0. The third-order valence-electron chi connectivity index (χ3n) is 2.46. The van der Waals surface area contributed by atoms with Crippen molar-refractivity contribution in [2.24, 2.45) is 0 Å². The molecular formula is C11H22N2O2. The number of rotatable bonds is 9. The number of hydrogen-bond acceptors (Lipinski definition) is 4. The lowest BCUT2D eigenvalue weighted by molar-refractivity contribution is 0.104. The lowest BCUT2D eigenvalue weighted by Crippen LogP contribution is -2.37. The van der Waals surface area contributed by atoms with E-state index in [0.29, 0.717) is 19.1 Å². The summed E-state index contributed by atoms with van der Waals surface area (Å²) in [6.45, 7) is 5.32. The van der Waals surface area contributed by atoms with Gasteiger partial charge in [0.25, 0.3) is 0 Å². The molecule has 0 saturated heterocycles. The molecular weight excluding hydrogens is 192 g/mol. The van der Waals surface area contributed by atoms with Gasteiger partial charge in [0.05, 0.1) is 12.7 Å². The SMILES string of the molecule is COCCC(C)N(CCC#N)CCOC. The molecule has 0 amide bonds. The number of nitrogens with zero attached hydrogens (tertiary/aromatic N) is 2. The molecule has 0 bridgehead atoms. The molecule has 0 heterocycles. The number of nitriles is 1. The van der Waals surface area contributed by atoms with Crippen LogP contribution in [0.3, 0.4) is 0 Å². The van der Waals surface area contributed by atoms with Gasteiger partial charge in [0.2, 0.25) is 0 Å². The minimum atomic E-state index is 0.438. The van der Waals surface area contributed by atoms with Gasteiger partial charge in [-0.25, -0.2) is 0 Å². The molecule has 0 fully saturated rings. The fourth-order valence-electron chi connectivity index (χ4n) is 1.43. The van der Waals surface area contributed by atoms with Crippen LogP contribution in [0.2, 0.25) is 0 Å². The zero-order valence-electron chi connectivity index (χ0n) is 10.0. The second kappa shape index (κ2) is 9.91. The Labute approximate surface area is 92.8 Å². The Kier molecular flexibility index (Phi) is 9.49. The van der Waals surface area contributed by atoms with Crippen molar-refractivity contribution >= 4 is 0 Å². The van der Waals surface area contributed by atoms with Crippen LogP contribution in [0.5, 0.6) is 0 Å². The van der Waals surface area contributed by atoms with E-state index in [2.05, 4.69) is 17.9 Å². The topological polar surface area (TPSA) is 45.5 Å². The summed E-state index contributed by atoms with van der Waals surface area (Å²) in [6, 6.07) is 2.61. The van der Waals surface area contributed by atoms with E-state index in [1.807, 2.05) is 0 Å². The molecule has 0 rings (SSSR count).